The Kier molecular flexibility index (Phi) is 5.13. The normalized spacial score (nSPS) is 23.1. The molecule has 4 nitrogen and oxygen atoms in total. The molecule has 1 aliphatic heterocycles. The van der Waals surface area contributed by atoms with Gasteiger partial charge in [-0.2, -0.15) is 5.26 Å². The summed E-state index contributed by atoms with van der Waals surface area (Å²) in [6.45, 7) is 8.23. The highest BCUT2D eigenvalue weighted by molar-refractivity contribution is 6.62. The first-order chi connectivity index (χ1) is 11.8. The molecule has 5 heteroatoms. The fourth-order valence-electron chi connectivity index (χ4n) is 3.55. The quantitative estimate of drug-likeness (QED) is 0.668. The van der Waals surface area contributed by atoms with Crippen LogP contribution in [-0.2, 0) is 9.31 Å². The van der Waals surface area contributed by atoms with Crippen molar-refractivity contribution < 1.29 is 9.31 Å². The molecule has 1 N–H and O–H groups in total. The minimum Gasteiger partial charge on any atom is -0.399 e. The van der Waals surface area contributed by atoms with Gasteiger partial charge in [0.25, 0.3) is 0 Å². The zero-order chi connectivity index (χ0) is 18.1. The van der Waals surface area contributed by atoms with Crippen LogP contribution in [0.1, 0.15) is 71.8 Å². The van der Waals surface area contributed by atoms with E-state index in [2.05, 4.69) is 39.1 Å². The third kappa shape index (κ3) is 3.86. The Morgan fingerprint density at radius 2 is 1.64 bits per heavy atom. The van der Waals surface area contributed by atoms with Gasteiger partial charge < -0.3 is 14.6 Å². The second-order valence-electron chi connectivity index (χ2n) is 8.34. The van der Waals surface area contributed by atoms with Gasteiger partial charge in [-0.25, -0.2) is 0 Å². The molecular weight excluding hydrogens is 311 g/mol. The molecule has 0 bridgehead atoms. The Morgan fingerprint density at radius 3 is 2.20 bits per heavy atom. The second-order valence-corrected chi connectivity index (χ2v) is 8.34. The van der Waals surface area contributed by atoms with E-state index < -0.39 is 7.12 Å². The second kappa shape index (κ2) is 7.01. The van der Waals surface area contributed by atoms with E-state index in [4.69, 9.17) is 9.31 Å². The van der Waals surface area contributed by atoms with Gasteiger partial charge in [0.2, 0.25) is 0 Å². The summed E-state index contributed by atoms with van der Waals surface area (Å²) in [6.07, 6.45) is 7.50. The van der Waals surface area contributed by atoms with Crippen LogP contribution in [0.3, 0.4) is 0 Å². The van der Waals surface area contributed by atoms with E-state index in [1.165, 1.54) is 38.5 Å². The smallest absolute Gasteiger partial charge is 0.399 e. The number of benzene rings is 1. The molecule has 2 fully saturated rings. The Hall–Kier alpha value is -1.51. The van der Waals surface area contributed by atoms with E-state index in [1.54, 1.807) is 0 Å². The Balaban J connectivity index is 1.82. The Morgan fingerprint density at radius 1 is 1.04 bits per heavy atom. The van der Waals surface area contributed by atoms with Gasteiger partial charge in [-0.05, 0) is 58.1 Å². The van der Waals surface area contributed by atoms with E-state index in [-0.39, 0.29) is 11.2 Å². The van der Waals surface area contributed by atoms with Crippen molar-refractivity contribution in [3.63, 3.8) is 0 Å². The Bertz CT molecular complexity index is 642. The molecule has 1 aliphatic carbocycles. The van der Waals surface area contributed by atoms with Crippen LogP contribution in [0.25, 0.3) is 0 Å². The molecule has 134 valence electrons. The van der Waals surface area contributed by atoms with E-state index in [0.29, 0.717) is 11.6 Å². The summed E-state index contributed by atoms with van der Waals surface area (Å²) in [5, 5.41) is 13.1. The highest BCUT2D eigenvalue weighted by Crippen LogP contribution is 2.36. The molecule has 1 saturated heterocycles. The molecular formula is C20H29BN2O2. The molecule has 2 aliphatic rings. The van der Waals surface area contributed by atoms with Crippen molar-refractivity contribution in [3.8, 4) is 6.07 Å². The van der Waals surface area contributed by atoms with Crippen molar-refractivity contribution in [2.24, 2.45) is 0 Å². The number of anilines is 1. The number of hydrogen-bond acceptors (Lipinski definition) is 4. The summed E-state index contributed by atoms with van der Waals surface area (Å²) in [7, 11) is -0.396. The van der Waals surface area contributed by atoms with Crippen molar-refractivity contribution in [2.45, 2.75) is 83.5 Å². The van der Waals surface area contributed by atoms with Gasteiger partial charge in [0.05, 0.1) is 22.5 Å². The predicted molar refractivity (Wildman–Crippen MR) is 102 cm³/mol. The van der Waals surface area contributed by atoms with Gasteiger partial charge in [-0.1, -0.05) is 31.7 Å². The number of rotatable bonds is 3. The zero-order valence-electron chi connectivity index (χ0n) is 15.9. The van der Waals surface area contributed by atoms with Crippen LogP contribution in [0.5, 0.6) is 0 Å². The average Bonchev–Trinajstić information content (AvgIpc) is 2.74. The van der Waals surface area contributed by atoms with Crippen LogP contribution < -0.4 is 10.8 Å². The van der Waals surface area contributed by atoms with Crippen LogP contribution in [0.15, 0.2) is 18.2 Å². The van der Waals surface area contributed by atoms with Crippen molar-refractivity contribution in [3.05, 3.63) is 23.8 Å². The van der Waals surface area contributed by atoms with Gasteiger partial charge in [0, 0.05) is 6.04 Å². The van der Waals surface area contributed by atoms with E-state index in [1.807, 2.05) is 18.2 Å². The zero-order valence-corrected chi connectivity index (χ0v) is 15.9. The van der Waals surface area contributed by atoms with Crippen molar-refractivity contribution in [1.82, 2.24) is 0 Å². The van der Waals surface area contributed by atoms with Crippen molar-refractivity contribution >= 4 is 18.3 Å². The number of nitrogens with zero attached hydrogens (tertiary/aromatic N) is 1. The average molecular weight is 340 g/mol. The maximum Gasteiger partial charge on any atom is 0.494 e. The summed E-state index contributed by atoms with van der Waals surface area (Å²) in [5.41, 5.74) is 1.83. The Labute approximate surface area is 152 Å². The van der Waals surface area contributed by atoms with Crippen LogP contribution in [0, 0.1) is 11.3 Å². The lowest BCUT2D eigenvalue weighted by molar-refractivity contribution is 0.00578. The summed E-state index contributed by atoms with van der Waals surface area (Å²) in [5.74, 6) is 0. The number of hydrogen-bond donors (Lipinski definition) is 1. The molecule has 0 radical (unpaired) electrons. The predicted octanol–water partition coefficient (Wildman–Crippen LogP) is 3.99. The van der Waals surface area contributed by atoms with Crippen LogP contribution in [0.4, 0.5) is 5.69 Å². The molecule has 3 rings (SSSR count). The van der Waals surface area contributed by atoms with Crippen molar-refractivity contribution in [1.29, 1.82) is 5.26 Å². The van der Waals surface area contributed by atoms with Gasteiger partial charge in [-0.15, -0.1) is 0 Å². The lowest BCUT2D eigenvalue weighted by Crippen LogP contribution is -2.41. The third-order valence-corrected chi connectivity index (χ3v) is 5.90. The first kappa shape index (κ1) is 18.3. The first-order valence-electron chi connectivity index (χ1n) is 9.49. The topological polar surface area (TPSA) is 54.3 Å². The largest absolute Gasteiger partial charge is 0.494 e. The monoisotopic (exact) mass is 340 g/mol. The standard InChI is InChI=1S/C20H29BN2O2/c1-19(2)20(3,4)25-21(24-19)16-12-11-15(14-22)18(13-16)23-17-9-7-5-6-8-10-17/h11-13,17,23H,5-10H2,1-4H3. The van der Waals surface area contributed by atoms with Crippen molar-refractivity contribution in [2.75, 3.05) is 5.32 Å². The molecule has 1 aromatic rings. The molecule has 0 unspecified atom stereocenters. The molecule has 1 heterocycles. The van der Waals surface area contributed by atoms with E-state index in [9.17, 15) is 5.26 Å². The van der Waals surface area contributed by atoms with Gasteiger partial charge >= 0.3 is 7.12 Å². The first-order valence-corrected chi connectivity index (χ1v) is 9.49. The maximum absolute atomic E-state index is 9.47. The maximum atomic E-state index is 9.47. The summed E-state index contributed by atoms with van der Waals surface area (Å²) < 4.78 is 12.3. The van der Waals surface area contributed by atoms with Crippen LogP contribution >= 0.6 is 0 Å². The third-order valence-electron chi connectivity index (χ3n) is 5.90. The molecule has 25 heavy (non-hydrogen) atoms. The fourth-order valence-corrected chi connectivity index (χ4v) is 3.55. The number of nitriles is 1. The molecule has 0 atom stereocenters. The molecule has 0 spiro atoms. The number of nitrogens with one attached hydrogen (secondary N) is 1. The van der Waals surface area contributed by atoms with Crippen LogP contribution in [-0.4, -0.2) is 24.4 Å². The molecule has 1 aromatic carbocycles. The minimum absolute atomic E-state index is 0.361. The fraction of sp³-hybridized carbons (Fsp3) is 0.650. The summed E-state index contributed by atoms with van der Waals surface area (Å²) in [4.78, 5) is 0. The highest BCUT2D eigenvalue weighted by Gasteiger charge is 2.51. The van der Waals surface area contributed by atoms with Gasteiger partial charge in [-0.3, -0.25) is 0 Å². The summed E-state index contributed by atoms with van der Waals surface area (Å²) in [6, 6.07) is 8.61. The molecule has 0 aromatic heterocycles. The van der Waals surface area contributed by atoms with Crippen LogP contribution in [0.2, 0.25) is 0 Å². The molecule has 1 saturated carbocycles. The van der Waals surface area contributed by atoms with E-state index >= 15 is 0 Å². The van der Waals surface area contributed by atoms with Gasteiger partial charge in [0.15, 0.2) is 0 Å². The van der Waals surface area contributed by atoms with Gasteiger partial charge in [0.1, 0.15) is 6.07 Å². The lowest BCUT2D eigenvalue weighted by atomic mass is 9.78. The molecule has 0 amide bonds. The highest BCUT2D eigenvalue weighted by atomic mass is 16.7. The lowest BCUT2D eigenvalue weighted by Gasteiger charge is -2.32. The summed E-state index contributed by atoms with van der Waals surface area (Å²) >= 11 is 0. The van der Waals surface area contributed by atoms with E-state index in [0.717, 1.165) is 11.2 Å². The SMILES string of the molecule is CC1(C)OB(c2ccc(C#N)c(NC3CCCCCC3)c2)OC1(C)C. The minimum atomic E-state index is -0.396.